The largest absolute Gasteiger partial charge is 0.496 e. The number of aldehydes is 1. The van der Waals surface area contributed by atoms with Gasteiger partial charge in [0.1, 0.15) is 12.0 Å². The van der Waals surface area contributed by atoms with E-state index in [1.807, 2.05) is 18.9 Å². The fraction of sp³-hybridized carbons (Fsp3) is 0.393. The van der Waals surface area contributed by atoms with Crippen LogP contribution in [0.15, 0.2) is 154 Å². The molecule has 4 nitrogen and oxygen atoms in total. The molecule has 5 aromatic carbocycles. The van der Waals surface area contributed by atoms with Crippen LogP contribution in [0.25, 0.3) is 6.08 Å². The standard InChI is InChI=1S/C61H71NO3SSi/c1-43-16-15-17-44(2)57(43)66-58-49(41-60(6,7)42-50(58)30-32-63)25-22-45-23-26-51(27-24-45)62(31-33-65-67(59(3,4)5,53-18-11-9-12-19-53)54-20-13-10-14-21-54)52-28-29-56(64-8)55(37-52)61-38-46-34-47(39-61)36-48(35-46)40-61/h9-30,32,37,46-48H,31,33-36,38-42H2,1-8H3/b25-22+,50-30+. The van der Waals surface area contributed by atoms with Crippen molar-refractivity contribution < 1.29 is 14.0 Å². The van der Waals surface area contributed by atoms with Crippen LogP contribution in [0.2, 0.25) is 5.04 Å². The SMILES string of the molecule is COc1ccc(N(CCO[Si](c2ccccc2)(c2ccccc2)C(C)(C)C)c2ccc(/C=C/C3=C(Sc4c(C)cccc4C)C(=C/C=O)/CC(C)(C)C3)cc2)cc1C12CC3CC(CC(C3)C1)C2. The summed E-state index contributed by atoms with van der Waals surface area (Å²) in [6, 6.07) is 44.6. The van der Waals surface area contributed by atoms with Gasteiger partial charge < -0.3 is 14.1 Å². The van der Waals surface area contributed by atoms with Gasteiger partial charge in [0.2, 0.25) is 0 Å². The molecular formula is C61H71NO3SSi. The van der Waals surface area contributed by atoms with Crippen molar-refractivity contribution in [2.75, 3.05) is 25.2 Å². The fourth-order valence-electron chi connectivity index (χ4n) is 13.1. The van der Waals surface area contributed by atoms with E-state index in [9.17, 15) is 4.79 Å². The lowest BCUT2D eigenvalue weighted by molar-refractivity contribution is -0.104. The van der Waals surface area contributed by atoms with Crippen LogP contribution >= 0.6 is 11.8 Å². The molecule has 0 amide bonds. The molecule has 0 saturated heterocycles. The lowest BCUT2D eigenvalue weighted by atomic mass is 9.48. The van der Waals surface area contributed by atoms with Crippen molar-refractivity contribution in [3.05, 3.63) is 172 Å². The molecule has 4 saturated carbocycles. The summed E-state index contributed by atoms with van der Waals surface area (Å²) in [6.07, 6.45) is 17.2. The zero-order valence-corrected chi connectivity index (χ0v) is 43.1. The second-order valence-electron chi connectivity index (χ2n) is 22.2. The Morgan fingerprint density at radius 2 is 1.31 bits per heavy atom. The van der Waals surface area contributed by atoms with Crippen LogP contribution in [0, 0.1) is 37.0 Å². The molecule has 4 bridgehead atoms. The summed E-state index contributed by atoms with van der Waals surface area (Å²) in [4.78, 5) is 17.0. The number of allylic oxidation sites excluding steroid dienone is 4. The van der Waals surface area contributed by atoms with E-state index in [0.717, 1.165) is 59.5 Å². The van der Waals surface area contributed by atoms with Crippen LogP contribution in [0.3, 0.4) is 0 Å². The number of ether oxygens (including phenoxy) is 1. The molecule has 67 heavy (non-hydrogen) atoms. The molecule has 5 aromatic rings. The van der Waals surface area contributed by atoms with Gasteiger partial charge in [0, 0.05) is 33.3 Å². The van der Waals surface area contributed by atoms with Gasteiger partial charge in [-0.25, -0.2) is 0 Å². The third-order valence-electron chi connectivity index (χ3n) is 15.6. The molecule has 0 aromatic heterocycles. The highest BCUT2D eigenvalue weighted by Gasteiger charge is 2.53. The van der Waals surface area contributed by atoms with Crippen molar-refractivity contribution in [3.63, 3.8) is 0 Å². The Balaban J connectivity index is 1.09. The number of thioether (sulfide) groups is 1. The number of aryl methyl sites for hydroxylation is 2. The van der Waals surface area contributed by atoms with Crippen molar-refractivity contribution in [2.45, 2.75) is 115 Å². The Kier molecular flexibility index (Phi) is 13.6. The zero-order valence-electron chi connectivity index (χ0n) is 41.2. The highest BCUT2D eigenvalue weighted by Crippen LogP contribution is 2.62. The Morgan fingerprint density at radius 3 is 1.87 bits per heavy atom. The number of rotatable bonds is 15. The Labute approximate surface area is 407 Å². The van der Waals surface area contributed by atoms with Gasteiger partial charge in [0.05, 0.1) is 13.7 Å². The van der Waals surface area contributed by atoms with Gasteiger partial charge in [-0.2, -0.15) is 0 Å². The number of carbonyl (C=O) groups is 1. The van der Waals surface area contributed by atoms with E-state index < -0.39 is 8.32 Å². The average Bonchev–Trinajstić information content (AvgIpc) is 3.30. The second-order valence-corrected chi connectivity index (χ2v) is 27.5. The first-order valence-corrected chi connectivity index (χ1v) is 27.5. The first kappa shape index (κ1) is 47.2. The maximum atomic E-state index is 12.0. The first-order valence-electron chi connectivity index (χ1n) is 24.8. The van der Waals surface area contributed by atoms with Gasteiger partial charge in [-0.1, -0.05) is 150 Å². The number of methoxy groups -OCH3 is 1. The second kappa shape index (κ2) is 19.3. The Bertz CT molecular complexity index is 2560. The first-order chi connectivity index (χ1) is 32.2. The van der Waals surface area contributed by atoms with Crippen molar-refractivity contribution in [1.29, 1.82) is 0 Å². The van der Waals surface area contributed by atoms with Crippen LogP contribution in [-0.4, -0.2) is 34.9 Å². The molecule has 0 spiro atoms. The lowest BCUT2D eigenvalue weighted by Crippen LogP contribution is -2.67. The van der Waals surface area contributed by atoms with E-state index in [1.54, 1.807) is 6.08 Å². The van der Waals surface area contributed by atoms with Crippen molar-refractivity contribution in [2.24, 2.45) is 23.2 Å². The molecule has 5 aliphatic carbocycles. The van der Waals surface area contributed by atoms with Crippen LogP contribution < -0.4 is 20.0 Å². The van der Waals surface area contributed by atoms with Crippen molar-refractivity contribution in [1.82, 2.24) is 0 Å². The van der Waals surface area contributed by atoms with Gasteiger partial charge in [0.25, 0.3) is 8.32 Å². The fourth-order valence-corrected chi connectivity index (χ4v) is 18.9. The van der Waals surface area contributed by atoms with E-state index in [0.29, 0.717) is 13.2 Å². The molecule has 0 aliphatic heterocycles. The summed E-state index contributed by atoms with van der Waals surface area (Å²) < 4.78 is 13.8. The van der Waals surface area contributed by atoms with Gasteiger partial charge in [-0.3, -0.25) is 4.79 Å². The normalized spacial score (nSPS) is 23.0. The quantitative estimate of drug-likeness (QED) is 0.0594. The van der Waals surface area contributed by atoms with Crippen molar-refractivity contribution in [3.8, 4) is 5.75 Å². The highest BCUT2D eigenvalue weighted by atomic mass is 32.2. The molecule has 0 radical (unpaired) electrons. The monoisotopic (exact) mass is 925 g/mol. The van der Waals surface area contributed by atoms with Crippen LogP contribution in [0.1, 0.15) is 108 Å². The molecule has 0 heterocycles. The minimum absolute atomic E-state index is 0.0353. The van der Waals surface area contributed by atoms with Crippen molar-refractivity contribution >= 4 is 54.2 Å². The topological polar surface area (TPSA) is 38.8 Å². The average molecular weight is 926 g/mol. The number of benzene rings is 5. The third kappa shape index (κ3) is 9.61. The minimum atomic E-state index is -2.77. The molecular weight excluding hydrogens is 855 g/mol. The number of anilines is 2. The summed E-state index contributed by atoms with van der Waals surface area (Å²) >= 11 is 1.82. The summed E-state index contributed by atoms with van der Waals surface area (Å²) in [6.45, 7) is 17.3. The van der Waals surface area contributed by atoms with Crippen LogP contribution in [-0.2, 0) is 14.6 Å². The smallest absolute Gasteiger partial charge is 0.261 e. The van der Waals surface area contributed by atoms with Crippen LogP contribution in [0.4, 0.5) is 11.4 Å². The molecule has 348 valence electrons. The summed E-state index contributed by atoms with van der Waals surface area (Å²) in [5.74, 6) is 3.54. The van der Waals surface area contributed by atoms with Gasteiger partial charge in [-0.15, -0.1) is 0 Å². The van der Waals surface area contributed by atoms with Gasteiger partial charge >= 0.3 is 0 Å². The Morgan fingerprint density at radius 1 is 0.731 bits per heavy atom. The molecule has 5 aliphatic rings. The molecule has 0 unspecified atom stereocenters. The molecule has 0 atom stereocenters. The van der Waals surface area contributed by atoms with Crippen LogP contribution in [0.5, 0.6) is 5.75 Å². The zero-order chi connectivity index (χ0) is 47.0. The van der Waals surface area contributed by atoms with E-state index >= 15 is 0 Å². The number of hydrogen-bond acceptors (Lipinski definition) is 5. The molecule has 10 rings (SSSR count). The van der Waals surface area contributed by atoms with E-state index in [-0.39, 0.29) is 15.9 Å². The Hall–Kier alpha value is -4.88. The number of carbonyl (C=O) groups excluding carboxylic acids is 1. The van der Waals surface area contributed by atoms with Gasteiger partial charge in [-0.05, 0) is 173 Å². The van der Waals surface area contributed by atoms with Gasteiger partial charge in [0.15, 0.2) is 0 Å². The van der Waals surface area contributed by atoms with E-state index in [1.165, 1.54) is 86.6 Å². The maximum Gasteiger partial charge on any atom is 0.261 e. The third-order valence-corrected chi connectivity index (χ3v) is 22.3. The molecule has 6 heteroatoms. The molecule has 4 fully saturated rings. The lowest BCUT2D eigenvalue weighted by Gasteiger charge is -2.57. The number of hydrogen-bond donors (Lipinski definition) is 0. The highest BCUT2D eigenvalue weighted by molar-refractivity contribution is 8.03. The maximum absolute atomic E-state index is 12.0. The predicted octanol–water partition coefficient (Wildman–Crippen LogP) is 14.5. The minimum Gasteiger partial charge on any atom is -0.496 e. The molecule has 0 N–H and O–H groups in total. The summed E-state index contributed by atoms with van der Waals surface area (Å²) in [7, 11) is -0.913. The van der Waals surface area contributed by atoms with E-state index in [4.69, 9.17) is 9.16 Å². The predicted molar refractivity (Wildman–Crippen MR) is 285 cm³/mol. The summed E-state index contributed by atoms with van der Waals surface area (Å²) in [5, 5.41) is 2.47. The van der Waals surface area contributed by atoms with E-state index in [2.05, 4.69) is 187 Å². The summed E-state index contributed by atoms with van der Waals surface area (Å²) in [5.41, 5.74) is 10.0. The number of nitrogens with zero attached hydrogens (tertiary/aromatic N) is 1.